The lowest BCUT2D eigenvalue weighted by atomic mass is 9.75. The van der Waals surface area contributed by atoms with Crippen LogP contribution >= 0.6 is 0 Å². The molecule has 1 aliphatic carbocycles. The van der Waals surface area contributed by atoms with Crippen molar-refractivity contribution in [3.8, 4) is 0 Å². The van der Waals surface area contributed by atoms with E-state index < -0.39 is 12.6 Å². The molecule has 0 aromatic carbocycles. The fraction of sp³-hybridized carbons (Fsp3) is 1.00. The number of alkyl halides is 3. The molecule has 0 radical (unpaired) electrons. The van der Waals surface area contributed by atoms with Crippen LogP contribution in [0.15, 0.2) is 0 Å². The molecule has 1 saturated carbocycles. The molecule has 1 nitrogen and oxygen atoms in total. The Bertz CT molecular complexity index is 201. The molecule has 1 fully saturated rings. The summed E-state index contributed by atoms with van der Waals surface area (Å²) < 4.78 is 35.7. The summed E-state index contributed by atoms with van der Waals surface area (Å²) in [5.41, 5.74) is 0.421. The van der Waals surface area contributed by atoms with Gasteiger partial charge in [-0.25, -0.2) is 0 Å². The van der Waals surface area contributed by atoms with Crippen LogP contribution in [0.3, 0.4) is 0 Å². The van der Waals surface area contributed by atoms with Crippen LogP contribution < -0.4 is 5.32 Å². The largest absolute Gasteiger partial charge is 0.389 e. The van der Waals surface area contributed by atoms with E-state index in [1.54, 1.807) is 0 Å². The van der Waals surface area contributed by atoms with Gasteiger partial charge in [0.1, 0.15) is 0 Å². The number of nitrogens with one attached hydrogen (secondary N) is 1. The maximum absolute atomic E-state index is 11.9. The van der Waals surface area contributed by atoms with Crippen LogP contribution in [0.4, 0.5) is 13.2 Å². The highest BCUT2D eigenvalue weighted by molar-refractivity contribution is 4.81. The molecule has 0 bridgehead atoms. The molecule has 0 aliphatic heterocycles. The van der Waals surface area contributed by atoms with Gasteiger partial charge in [0, 0.05) is 12.5 Å². The zero-order chi connectivity index (χ0) is 12.2. The fourth-order valence-corrected chi connectivity index (χ4v) is 2.20. The fourth-order valence-electron chi connectivity index (χ4n) is 2.20. The smallest absolute Gasteiger partial charge is 0.314 e. The summed E-state index contributed by atoms with van der Waals surface area (Å²) in [4.78, 5) is 0. The van der Waals surface area contributed by atoms with Crippen LogP contribution in [0.2, 0.25) is 0 Å². The van der Waals surface area contributed by atoms with Crippen molar-refractivity contribution in [2.45, 2.75) is 64.6 Å². The molecular formula is C12H22F3N. The molecule has 1 N–H and O–H groups in total. The highest BCUT2D eigenvalue weighted by Gasteiger charge is 2.28. The molecule has 4 heteroatoms. The van der Waals surface area contributed by atoms with Crippen molar-refractivity contribution in [2.75, 3.05) is 6.54 Å². The molecule has 96 valence electrons. The predicted molar refractivity (Wildman–Crippen MR) is 59.3 cm³/mol. The molecule has 0 atom stereocenters. The van der Waals surface area contributed by atoms with E-state index >= 15 is 0 Å². The van der Waals surface area contributed by atoms with Gasteiger partial charge in [-0.05, 0) is 44.1 Å². The minimum atomic E-state index is -4.00. The maximum atomic E-state index is 11.9. The molecule has 0 aromatic heterocycles. The lowest BCUT2D eigenvalue weighted by molar-refractivity contribution is -0.135. The van der Waals surface area contributed by atoms with Gasteiger partial charge in [0.25, 0.3) is 0 Å². The van der Waals surface area contributed by atoms with E-state index in [-0.39, 0.29) is 6.42 Å². The van der Waals surface area contributed by atoms with Gasteiger partial charge in [0.15, 0.2) is 0 Å². The third-order valence-electron chi connectivity index (χ3n) is 3.41. The predicted octanol–water partition coefficient (Wildman–Crippen LogP) is 3.89. The molecule has 0 unspecified atom stereocenters. The standard InChI is InChI=1S/C12H22F3N/c1-11(2)7-4-10(5-8-11)16-9-3-6-12(13,14)15/h10,16H,3-9H2,1-2H3. The van der Waals surface area contributed by atoms with Crippen LogP contribution in [-0.2, 0) is 0 Å². The number of rotatable bonds is 4. The summed E-state index contributed by atoms with van der Waals surface area (Å²) in [7, 11) is 0. The Morgan fingerprint density at radius 1 is 1.19 bits per heavy atom. The van der Waals surface area contributed by atoms with Crippen LogP contribution in [-0.4, -0.2) is 18.8 Å². The monoisotopic (exact) mass is 237 g/mol. The minimum Gasteiger partial charge on any atom is -0.314 e. The van der Waals surface area contributed by atoms with Gasteiger partial charge in [-0.15, -0.1) is 0 Å². The highest BCUT2D eigenvalue weighted by atomic mass is 19.4. The zero-order valence-corrected chi connectivity index (χ0v) is 10.2. The summed E-state index contributed by atoms with van der Waals surface area (Å²) in [6.07, 6.45) is 0.0593. The second kappa shape index (κ2) is 5.39. The van der Waals surface area contributed by atoms with E-state index in [4.69, 9.17) is 0 Å². The molecule has 1 aliphatic rings. The highest BCUT2D eigenvalue weighted by Crippen LogP contribution is 2.35. The lowest BCUT2D eigenvalue weighted by Crippen LogP contribution is -2.36. The van der Waals surface area contributed by atoms with E-state index in [1.165, 1.54) is 12.8 Å². The van der Waals surface area contributed by atoms with E-state index in [9.17, 15) is 13.2 Å². The first kappa shape index (κ1) is 13.8. The number of hydrogen-bond donors (Lipinski definition) is 1. The second-order valence-corrected chi connectivity index (χ2v) is 5.61. The zero-order valence-electron chi connectivity index (χ0n) is 10.2. The third kappa shape index (κ3) is 5.73. The summed E-state index contributed by atoms with van der Waals surface area (Å²) in [6.45, 7) is 5.00. The Kier molecular flexibility index (Phi) is 4.65. The molecular weight excluding hydrogens is 215 g/mol. The van der Waals surface area contributed by atoms with Crippen LogP contribution in [0.1, 0.15) is 52.4 Å². The number of hydrogen-bond acceptors (Lipinski definition) is 1. The SMILES string of the molecule is CC1(C)CCC(NCCCC(F)(F)F)CC1. The van der Waals surface area contributed by atoms with E-state index in [1.807, 2.05) is 0 Å². The van der Waals surface area contributed by atoms with Crippen molar-refractivity contribution in [2.24, 2.45) is 5.41 Å². The van der Waals surface area contributed by atoms with Gasteiger partial charge in [0.05, 0.1) is 0 Å². The van der Waals surface area contributed by atoms with Gasteiger partial charge >= 0.3 is 6.18 Å². The van der Waals surface area contributed by atoms with Crippen molar-refractivity contribution in [3.05, 3.63) is 0 Å². The first-order chi connectivity index (χ1) is 7.29. The van der Waals surface area contributed by atoms with Gasteiger partial charge in [-0.3, -0.25) is 0 Å². The first-order valence-corrected chi connectivity index (χ1v) is 6.09. The van der Waals surface area contributed by atoms with Crippen LogP contribution in [0.5, 0.6) is 0 Å². The molecule has 0 aromatic rings. The molecule has 0 saturated heterocycles. The average Bonchev–Trinajstić information content (AvgIpc) is 2.13. The summed E-state index contributed by atoms with van der Waals surface area (Å²) in [5.74, 6) is 0. The third-order valence-corrected chi connectivity index (χ3v) is 3.41. The Labute approximate surface area is 95.8 Å². The molecule has 0 amide bonds. The average molecular weight is 237 g/mol. The first-order valence-electron chi connectivity index (χ1n) is 6.09. The summed E-state index contributed by atoms with van der Waals surface area (Å²) >= 11 is 0. The summed E-state index contributed by atoms with van der Waals surface area (Å²) in [5, 5.41) is 3.23. The van der Waals surface area contributed by atoms with Gasteiger partial charge < -0.3 is 5.32 Å². The molecule has 0 spiro atoms. The molecule has 0 heterocycles. The van der Waals surface area contributed by atoms with Crippen molar-refractivity contribution in [1.82, 2.24) is 5.32 Å². The molecule has 16 heavy (non-hydrogen) atoms. The summed E-state index contributed by atoms with van der Waals surface area (Å²) in [6, 6.07) is 0.432. The van der Waals surface area contributed by atoms with Crippen LogP contribution in [0, 0.1) is 5.41 Å². The second-order valence-electron chi connectivity index (χ2n) is 5.61. The Morgan fingerprint density at radius 3 is 2.25 bits per heavy atom. The van der Waals surface area contributed by atoms with Crippen molar-refractivity contribution in [1.29, 1.82) is 0 Å². The number of halogens is 3. The van der Waals surface area contributed by atoms with Crippen molar-refractivity contribution < 1.29 is 13.2 Å². The Morgan fingerprint density at radius 2 is 1.75 bits per heavy atom. The van der Waals surface area contributed by atoms with Gasteiger partial charge in [-0.2, -0.15) is 13.2 Å². The lowest BCUT2D eigenvalue weighted by Gasteiger charge is -2.34. The maximum Gasteiger partial charge on any atom is 0.389 e. The Hall–Kier alpha value is -0.250. The normalized spacial score (nSPS) is 22.3. The van der Waals surface area contributed by atoms with E-state index in [0.29, 0.717) is 18.0 Å². The quantitative estimate of drug-likeness (QED) is 0.731. The van der Waals surface area contributed by atoms with E-state index in [0.717, 1.165) is 12.8 Å². The topological polar surface area (TPSA) is 12.0 Å². The van der Waals surface area contributed by atoms with Gasteiger partial charge in [0.2, 0.25) is 0 Å². The van der Waals surface area contributed by atoms with Crippen molar-refractivity contribution >= 4 is 0 Å². The van der Waals surface area contributed by atoms with Crippen LogP contribution in [0.25, 0.3) is 0 Å². The minimum absolute atomic E-state index is 0.198. The van der Waals surface area contributed by atoms with Gasteiger partial charge in [-0.1, -0.05) is 13.8 Å². The Balaban J connectivity index is 2.07. The molecule has 1 rings (SSSR count). The van der Waals surface area contributed by atoms with Crippen molar-refractivity contribution in [3.63, 3.8) is 0 Å². The van der Waals surface area contributed by atoms with E-state index in [2.05, 4.69) is 19.2 Å².